The molecule has 0 spiro atoms. The van der Waals surface area contributed by atoms with E-state index in [-0.39, 0.29) is 0 Å². The van der Waals surface area contributed by atoms with E-state index in [1.165, 1.54) is 19.2 Å². The van der Waals surface area contributed by atoms with Gasteiger partial charge >= 0.3 is 5.97 Å². The van der Waals surface area contributed by atoms with Gasteiger partial charge in [0.05, 0.1) is 18.4 Å². The van der Waals surface area contributed by atoms with Crippen LogP contribution in [0.3, 0.4) is 0 Å². The van der Waals surface area contributed by atoms with E-state index in [1.807, 2.05) is 0 Å². The van der Waals surface area contributed by atoms with Gasteiger partial charge in [-0.1, -0.05) is 0 Å². The lowest BCUT2D eigenvalue weighted by Crippen LogP contribution is -2.02. The number of nitrogens with zero attached hydrogens (tertiary/aromatic N) is 2. The quantitative estimate of drug-likeness (QED) is 0.681. The van der Waals surface area contributed by atoms with Crippen LogP contribution in [0.4, 0.5) is 8.78 Å². The van der Waals surface area contributed by atoms with Crippen LogP contribution in [-0.4, -0.2) is 22.5 Å². The lowest BCUT2D eigenvalue weighted by atomic mass is 10.1. The first kappa shape index (κ1) is 13.2. The smallest absolute Gasteiger partial charge is 0.339 e. The molecule has 0 amide bonds. The maximum atomic E-state index is 13.2. The molecule has 0 radical (unpaired) electrons. The lowest BCUT2D eigenvalue weighted by Gasteiger charge is -1.99. The van der Waals surface area contributed by atoms with E-state index in [0.29, 0.717) is 22.5 Å². The number of imidazole rings is 1. The number of carbonyl (C=O) groups is 1. The number of carbonyl (C=O) groups excluding carboxylic acids is 1. The molecule has 0 aliphatic carbocycles. The molecule has 0 aliphatic rings. The average molecular weight is 288 g/mol. The molecule has 2 heterocycles. The molecule has 3 aromatic rings. The number of aromatic nitrogens is 2. The summed E-state index contributed by atoms with van der Waals surface area (Å²) in [4.78, 5) is 15.7. The molecule has 3 rings (SSSR count). The molecule has 21 heavy (non-hydrogen) atoms. The Bertz CT molecular complexity index is 823. The van der Waals surface area contributed by atoms with Gasteiger partial charge in [-0.2, -0.15) is 0 Å². The van der Waals surface area contributed by atoms with Crippen molar-refractivity contribution in [2.75, 3.05) is 7.11 Å². The van der Waals surface area contributed by atoms with Gasteiger partial charge in [0.15, 0.2) is 0 Å². The number of esters is 1. The SMILES string of the molecule is COC(=O)c1ccc2nc(-c3cc(F)cc(F)c3)cn2c1. The molecule has 6 heteroatoms. The molecule has 4 nitrogen and oxygen atoms in total. The highest BCUT2D eigenvalue weighted by molar-refractivity contribution is 5.89. The maximum Gasteiger partial charge on any atom is 0.339 e. The van der Waals surface area contributed by atoms with E-state index in [2.05, 4.69) is 9.72 Å². The van der Waals surface area contributed by atoms with Crippen molar-refractivity contribution >= 4 is 11.6 Å². The number of rotatable bonds is 2. The normalized spacial score (nSPS) is 10.8. The first-order chi connectivity index (χ1) is 10.1. The van der Waals surface area contributed by atoms with Crippen LogP contribution in [-0.2, 0) is 4.74 Å². The van der Waals surface area contributed by atoms with Crippen LogP contribution in [0.1, 0.15) is 10.4 Å². The van der Waals surface area contributed by atoms with Gasteiger partial charge in [-0.05, 0) is 24.3 Å². The van der Waals surface area contributed by atoms with Crippen molar-refractivity contribution in [3.63, 3.8) is 0 Å². The molecule has 0 bridgehead atoms. The van der Waals surface area contributed by atoms with Crippen LogP contribution in [0.15, 0.2) is 42.7 Å². The third-order valence-electron chi connectivity index (χ3n) is 3.03. The summed E-state index contributed by atoms with van der Waals surface area (Å²) in [6, 6.07) is 6.41. The maximum absolute atomic E-state index is 13.2. The fourth-order valence-corrected chi connectivity index (χ4v) is 2.07. The van der Waals surface area contributed by atoms with E-state index in [9.17, 15) is 13.6 Å². The molecule has 0 N–H and O–H groups in total. The summed E-state index contributed by atoms with van der Waals surface area (Å²) in [5.74, 6) is -1.81. The van der Waals surface area contributed by atoms with Crippen LogP contribution in [0.25, 0.3) is 16.9 Å². The zero-order valence-corrected chi connectivity index (χ0v) is 11.0. The fourth-order valence-electron chi connectivity index (χ4n) is 2.07. The summed E-state index contributed by atoms with van der Waals surface area (Å²) in [6.07, 6.45) is 3.14. The molecule has 2 aromatic heterocycles. The highest BCUT2D eigenvalue weighted by Crippen LogP contribution is 2.22. The largest absolute Gasteiger partial charge is 0.465 e. The zero-order valence-electron chi connectivity index (χ0n) is 11.0. The Morgan fingerprint density at radius 3 is 2.52 bits per heavy atom. The van der Waals surface area contributed by atoms with Crippen molar-refractivity contribution in [3.8, 4) is 11.3 Å². The number of benzene rings is 1. The van der Waals surface area contributed by atoms with Gasteiger partial charge in [0.25, 0.3) is 0 Å². The van der Waals surface area contributed by atoms with Crippen molar-refractivity contribution in [3.05, 3.63) is 59.9 Å². The highest BCUT2D eigenvalue weighted by Gasteiger charge is 2.10. The number of hydrogen-bond donors (Lipinski definition) is 0. The molecular weight excluding hydrogens is 278 g/mol. The third kappa shape index (κ3) is 2.47. The second kappa shape index (κ2) is 4.97. The first-order valence-corrected chi connectivity index (χ1v) is 6.10. The summed E-state index contributed by atoms with van der Waals surface area (Å²) in [6.45, 7) is 0. The monoisotopic (exact) mass is 288 g/mol. The summed E-state index contributed by atoms with van der Waals surface area (Å²) in [5, 5.41) is 0. The predicted octanol–water partition coefficient (Wildman–Crippen LogP) is 3.07. The Hall–Kier alpha value is -2.76. The van der Waals surface area contributed by atoms with E-state index in [1.54, 1.807) is 28.9 Å². The minimum absolute atomic E-state index is 0.329. The van der Waals surface area contributed by atoms with Crippen molar-refractivity contribution in [2.24, 2.45) is 0 Å². The van der Waals surface area contributed by atoms with Gasteiger partial charge in [0.2, 0.25) is 0 Å². The van der Waals surface area contributed by atoms with Crippen LogP contribution < -0.4 is 0 Å². The van der Waals surface area contributed by atoms with Gasteiger partial charge in [0.1, 0.15) is 17.3 Å². The van der Waals surface area contributed by atoms with Crippen LogP contribution in [0.5, 0.6) is 0 Å². The fraction of sp³-hybridized carbons (Fsp3) is 0.0667. The first-order valence-electron chi connectivity index (χ1n) is 6.10. The molecule has 0 atom stereocenters. The van der Waals surface area contributed by atoms with Gasteiger partial charge in [-0.15, -0.1) is 0 Å². The molecule has 0 aliphatic heterocycles. The minimum Gasteiger partial charge on any atom is -0.465 e. The topological polar surface area (TPSA) is 43.6 Å². The van der Waals surface area contributed by atoms with E-state index >= 15 is 0 Å². The van der Waals surface area contributed by atoms with Crippen molar-refractivity contribution in [1.82, 2.24) is 9.38 Å². The highest BCUT2D eigenvalue weighted by atomic mass is 19.1. The number of hydrogen-bond acceptors (Lipinski definition) is 3. The number of ether oxygens (including phenoxy) is 1. The second-order valence-corrected chi connectivity index (χ2v) is 4.46. The number of pyridine rings is 1. The van der Waals surface area contributed by atoms with E-state index in [4.69, 9.17) is 0 Å². The van der Waals surface area contributed by atoms with Gasteiger partial charge in [0, 0.05) is 24.0 Å². The molecule has 0 saturated carbocycles. The Kier molecular flexibility index (Phi) is 3.13. The van der Waals surface area contributed by atoms with Crippen molar-refractivity contribution < 1.29 is 18.3 Å². The van der Waals surface area contributed by atoms with Gasteiger partial charge < -0.3 is 9.14 Å². The summed E-state index contributed by atoms with van der Waals surface area (Å²) < 4.78 is 32.7. The number of fused-ring (bicyclic) bond motifs is 1. The van der Waals surface area contributed by atoms with Crippen molar-refractivity contribution in [1.29, 1.82) is 0 Å². The van der Waals surface area contributed by atoms with Crippen LogP contribution in [0, 0.1) is 11.6 Å². The number of methoxy groups -OCH3 is 1. The summed E-state index contributed by atoms with van der Waals surface area (Å²) in [7, 11) is 1.29. The van der Waals surface area contributed by atoms with Gasteiger partial charge in [-0.25, -0.2) is 18.6 Å². The Balaban J connectivity index is 2.10. The van der Waals surface area contributed by atoms with E-state index < -0.39 is 17.6 Å². The molecule has 0 fully saturated rings. The number of halogens is 2. The molecular formula is C15H10F2N2O2. The molecule has 1 aromatic carbocycles. The van der Waals surface area contributed by atoms with Crippen LogP contribution >= 0.6 is 0 Å². The third-order valence-corrected chi connectivity index (χ3v) is 3.03. The molecule has 0 unspecified atom stereocenters. The zero-order chi connectivity index (χ0) is 15.0. The van der Waals surface area contributed by atoms with Gasteiger partial charge in [-0.3, -0.25) is 0 Å². The second-order valence-electron chi connectivity index (χ2n) is 4.46. The summed E-state index contributed by atoms with van der Waals surface area (Å²) in [5.41, 5.74) is 1.66. The molecule has 106 valence electrons. The van der Waals surface area contributed by atoms with Crippen molar-refractivity contribution in [2.45, 2.75) is 0 Å². The molecule has 0 saturated heterocycles. The predicted molar refractivity (Wildman–Crippen MR) is 71.9 cm³/mol. The Labute approximate surface area is 118 Å². The Morgan fingerprint density at radius 1 is 1.14 bits per heavy atom. The Morgan fingerprint density at radius 2 is 1.86 bits per heavy atom. The van der Waals surface area contributed by atoms with E-state index in [0.717, 1.165) is 6.07 Å². The lowest BCUT2D eigenvalue weighted by molar-refractivity contribution is 0.0600. The minimum atomic E-state index is -0.669. The summed E-state index contributed by atoms with van der Waals surface area (Å²) >= 11 is 0. The van der Waals surface area contributed by atoms with Crippen LogP contribution in [0.2, 0.25) is 0 Å². The average Bonchev–Trinajstić information content (AvgIpc) is 2.88. The standard InChI is InChI=1S/C15H10F2N2O2/c1-21-15(20)9-2-3-14-18-13(8-19(14)7-9)10-4-11(16)6-12(17)5-10/h2-8H,1H3.